The number of urea groups is 1. The molecule has 1 fully saturated rings. The van der Waals surface area contributed by atoms with Crippen LogP contribution in [0.15, 0.2) is 42.5 Å². The number of carbonyl (C=O) groups is 3. The van der Waals surface area contributed by atoms with Gasteiger partial charge in [-0.25, -0.2) is 4.79 Å². The number of amides is 4. The first-order chi connectivity index (χ1) is 13.8. The van der Waals surface area contributed by atoms with Gasteiger partial charge in [0.2, 0.25) is 5.91 Å². The monoisotopic (exact) mass is 413 g/mol. The number of hydrogen-bond acceptors (Lipinski definition) is 4. The maximum absolute atomic E-state index is 13.1. The average Bonchev–Trinajstić information content (AvgIpc) is 3.22. The van der Waals surface area contributed by atoms with Crippen molar-refractivity contribution >= 4 is 35.1 Å². The van der Waals surface area contributed by atoms with Crippen molar-refractivity contribution in [3.63, 3.8) is 0 Å². The van der Waals surface area contributed by atoms with Gasteiger partial charge >= 0.3 is 6.03 Å². The van der Waals surface area contributed by atoms with Crippen molar-refractivity contribution in [1.29, 1.82) is 0 Å². The molecule has 0 unspecified atom stereocenters. The summed E-state index contributed by atoms with van der Waals surface area (Å²) in [6.45, 7) is 1.80. The van der Waals surface area contributed by atoms with Crippen molar-refractivity contribution in [2.45, 2.75) is 18.9 Å². The van der Waals surface area contributed by atoms with E-state index in [1.807, 2.05) is 6.07 Å². The molecular formula is C21H20ClN3O4. The molecule has 4 amide bonds. The zero-order valence-corrected chi connectivity index (χ0v) is 16.8. The zero-order chi connectivity index (χ0) is 20.8. The second-order valence-corrected chi connectivity index (χ2v) is 7.68. The summed E-state index contributed by atoms with van der Waals surface area (Å²) in [5, 5.41) is 3.33. The Kier molecular flexibility index (Phi) is 4.70. The maximum atomic E-state index is 13.1. The highest BCUT2D eigenvalue weighted by Crippen LogP contribution is 2.32. The number of benzene rings is 2. The van der Waals surface area contributed by atoms with Crippen LogP contribution in [0.4, 0.5) is 10.5 Å². The van der Waals surface area contributed by atoms with Gasteiger partial charge in [0.1, 0.15) is 17.8 Å². The third-order valence-corrected chi connectivity index (χ3v) is 5.71. The lowest BCUT2D eigenvalue weighted by Crippen LogP contribution is -2.44. The number of nitrogens with one attached hydrogen (secondary N) is 1. The fourth-order valence-corrected chi connectivity index (χ4v) is 4.01. The van der Waals surface area contributed by atoms with Crippen LogP contribution in [0.25, 0.3) is 0 Å². The molecule has 0 saturated carbocycles. The second kappa shape index (κ2) is 7.08. The molecule has 0 spiro atoms. The number of nitrogens with zero attached hydrogens (tertiary/aromatic N) is 2. The minimum Gasteiger partial charge on any atom is -0.497 e. The SMILES string of the molecule is COc1ccc([C@@]2(C)NC(=O)N(CC(=O)N3CCc4cc(Cl)ccc43)C2=O)cc1. The number of hydrogen-bond donors (Lipinski definition) is 1. The van der Waals surface area contributed by atoms with Gasteiger partial charge in [0.15, 0.2) is 0 Å². The van der Waals surface area contributed by atoms with E-state index in [2.05, 4.69) is 5.32 Å². The topological polar surface area (TPSA) is 79.0 Å². The van der Waals surface area contributed by atoms with Crippen molar-refractivity contribution in [3.05, 3.63) is 58.6 Å². The number of carbonyl (C=O) groups excluding carboxylic acids is 3. The predicted octanol–water partition coefficient (Wildman–Crippen LogP) is 2.70. The summed E-state index contributed by atoms with van der Waals surface area (Å²) >= 11 is 6.02. The fraction of sp³-hybridized carbons (Fsp3) is 0.286. The highest BCUT2D eigenvalue weighted by atomic mass is 35.5. The molecule has 150 valence electrons. The van der Waals surface area contributed by atoms with Crippen molar-refractivity contribution in [3.8, 4) is 5.75 Å². The smallest absolute Gasteiger partial charge is 0.325 e. The molecule has 7 nitrogen and oxygen atoms in total. The van der Waals surface area contributed by atoms with E-state index in [1.54, 1.807) is 55.3 Å². The molecule has 1 N–H and O–H groups in total. The molecule has 8 heteroatoms. The van der Waals surface area contributed by atoms with Gasteiger partial charge in [0.25, 0.3) is 5.91 Å². The normalized spacial score (nSPS) is 20.7. The number of rotatable bonds is 4. The summed E-state index contributed by atoms with van der Waals surface area (Å²) in [6.07, 6.45) is 0.686. The summed E-state index contributed by atoms with van der Waals surface area (Å²) in [5.74, 6) is -0.126. The molecule has 0 aliphatic carbocycles. The first-order valence-electron chi connectivity index (χ1n) is 9.21. The highest BCUT2D eigenvalue weighted by Gasteiger charge is 2.49. The van der Waals surface area contributed by atoms with Crippen LogP contribution in [0.5, 0.6) is 5.75 Å². The average molecular weight is 414 g/mol. The van der Waals surface area contributed by atoms with Crippen LogP contribution in [0, 0.1) is 0 Å². The molecule has 4 rings (SSSR count). The quantitative estimate of drug-likeness (QED) is 0.782. The Morgan fingerprint density at radius 1 is 1.21 bits per heavy atom. The largest absolute Gasteiger partial charge is 0.497 e. The van der Waals surface area contributed by atoms with E-state index < -0.39 is 17.5 Å². The third kappa shape index (κ3) is 3.21. The van der Waals surface area contributed by atoms with E-state index in [4.69, 9.17) is 16.3 Å². The third-order valence-electron chi connectivity index (χ3n) is 5.47. The lowest BCUT2D eigenvalue weighted by Gasteiger charge is -2.23. The molecule has 2 aliphatic heterocycles. The molecule has 29 heavy (non-hydrogen) atoms. The van der Waals surface area contributed by atoms with Gasteiger partial charge in [-0.1, -0.05) is 23.7 Å². The Bertz CT molecular complexity index is 1010. The van der Waals surface area contributed by atoms with Gasteiger partial charge in [-0.2, -0.15) is 0 Å². The number of fused-ring (bicyclic) bond motifs is 1. The summed E-state index contributed by atoms with van der Waals surface area (Å²) in [4.78, 5) is 41.0. The second-order valence-electron chi connectivity index (χ2n) is 7.24. The number of imide groups is 1. The molecule has 1 atom stereocenters. The van der Waals surface area contributed by atoms with Gasteiger partial charge in [0, 0.05) is 17.3 Å². The minimum absolute atomic E-state index is 0.312. The molecule has 0 aromatic heterocycles. The van der Waals surface area contributed by atoms with E-state index in [0.717, 1.165) is 16.2 Å². The zero-order valence-electron chi connectivity index (χ0n) is 16.1. The maximum Gasteiger partial charge on any atom is 0.325 e. The van der Waals surface area contributed by atoms with Crippen molar-refractivity contribution in [1.82, 2.24) is 10.2 Å². The lowest BCUT2D eigenvalue weighted by molar-refractivity contribution is -0.134. The van der Waals surface area contributed by atoms with Crippen molar-refractivity contribution in [2.24, 2.45) is 0 Å². The number of halogens is 1. The Labute approximate surface area is 173 Å². The first-order valence-corrected chi connectivity index (χ1v) is 9.59. The molecule has 2 aliphatic rings. The molecular weight excluding hydrogens is 394 g/mol. The lowest BCUT2D eigenvalue weighted by atomic mass is 9.92. The molecule has 2 aromatic rings. The van der Waals surface area contributed by atoms with Crippen LogP contribution in [0.1, 0.15) is 18.1 Å². The molecule has 1 saturated heterocycles. The Hall–Kier alpha value is -3.06. The minimum atomic E-state index is -1.24. The van der Waals surface area contributed by atoms with Crippen LogP contribution in [0.2, 0.25) is 5.02 Å². The number of anilines is 1. The Balaban J connectivity index is 1.53. The standard InChI is InChI=1S/C21H20ClN3O4/c1-21(14-3-6-16(29-2)7-4-14)19(27)25(20(28)23-21)12-18(26)24-10-9-13-11-15(22)5-8-17(13)24/h3-8,11H,9-10,12H2,1-2H3,(H,23,28)/t21-/m1/s1. The van der Waals surface area contributed by atoms with E-state index >= 15 is 0 Å². The molecule has 0 bridgehead atoms. The van der Waals surface area contributed by atoms with Crippen LogP contribution >= 0.6 is 11.6 Å². The van der Waals surface area contributed by atoms with Crippen molar-refractivity contribution < 1.29 is 19.1 Å². The fourth-order valence-electron chi connectivity index (χ4n) is 3.81. The number of methoxy groups -OCH3 is 1. The summed E-state index contributed by atoms with van der Waals surface area (Å²) in [5.41, 5.74) is 1.13. The van der Waals surface area contributed by atoms with E-state index in [1.165, 1.54) is 0 Å². The summed E-state index contributed by atoms with van der Waals surface area (Å²) in [7, 11) is 1.55. The van der Waals surface area contributed by atoms with Crippen LogP contribution in [0.3, 0.4) is 0 Å². The Morgan fingerprint density at radius 2 is 1.93 bits per heavy atom. The van der Waals surface area contributed by atoms with Crippen molar-refractivity contribution in [2.75, 3.05) is 25.1 Å². The van der Waals surface area contributed by atoms with Gasteiger partial charge in [0.05, 0.1) is 7.11 Å². The summed E-state index contributed by atoms with van der Waals surface area (Å²) < 4.78 is 5.14. The molecule has 2 heterocycles. The molecule has 2 aromatic carbocycles. The first kappa shape index (κ1) is 19.3. The Morgan fingerprint density at radius 3 is 2.62 bits per heavy atom. The highest BCUT2D eigenvalue weighted by molar-refractivity contribution is 6.30. The van der Waals surface area contributed by atoms with E-state index in [9.17, 15) is 14.4 Å². The predicted molar refractivity (Wildman–Crippen MR) is 108 cm³/mol. The van der Waals surface area contributed by atoms with E-state index in [0.29, 0.717) is 29.3 Å². The van der Waals surface area contributed by atoms with Gasteiger partial charge in [-0.15, -0.1) is 0 Å². The molecule has 0 radical (unpaired) electrons. The van der Waals surface area contributed by atoms with Crippen LogP contribution in [-0.4, -0.2) is 42.9 Å². The van der Waals surface area contributed by atoms with Gasteiger partial charge < -0.3 is 15.0 Å². The van der Waals surface area contributed by atoms with Crippen LogP contribution < -0.4 is 15.0 Å². The summed E-state index contributed by atoms with van der Waals surface area (Å²) in [6, 6.07) is 11.7. The number of ether oxygens (including phenoxy) is 1. The van der Waals surface area contributed by atoms with E-state index in [-0.39, 0.29) is 12.5 Å². The van der Waals surface area contributed by atoms with Crippen LogP contribution in [-0.2, 0) is 21.5 Å². The van der Waals surface area contributed by atoms with Gasteiger partial charge in [-0.3, -0.25) is 14.5 Å². The van der Waals surface area contributed by atoms with Gasteiger partial charge in [-0.05, 0) is 54.8 Å².